The summed E-state index contributed by atoms with van der Waals surface area (Å²) in [6.45, 7) is 7.69. The van der Waals surface area contributed by atoms with E-state index in [4.69, 9.17) is 9.47 Å². The van der Waals surface area contributed by atoms with E-state index in [2.05, 4.69) is 6.58 Å². The minimum atomic E-state index is -0.444. The van der Waals surface area contributed by atoms with E-state index in [9.17, 15) is 4.79 Å². The highest BCUT2D eigenvalue weighted by Gasteiger charge is 2.16. The van der Waals surface area contributed by atoms with Crippen molar-refractivity contribution in [1.29, 1.82) is 0 Å². The minimum Gasteiger partial charge on any atom is -0.493 e. The molecule has 0 saturated carbocycles. The average Bonchev–Trinajstić information content (AvgIpc) is 2.48. The highest BCUT2D eigenvalue weighted by Crippen LogP contribution is 2.38. The summed E-state index contributed by atoms with van der Waals surface area (Å²) in [4.78, 5) is 11.8. The Hall–Kier alpha value is -2.55. The third kappa shape index (κ3) is 3.51. The molecule has 0 N–H and O–H groups in total. The number of esters is 1. The zero-order chi connectivity index (χ0) is 15.2. The van der Waals surface area contributed by atoms with E-state index in [0.717, 1.165) is 11.1 Å². The highest BCUT2D eigenvalue weighted by molar-refractivity contribution is 5.90. The average molecular weight is 282 g/mol. The molecule has 0 radical (unpaired) electrons. The lowest BCUT2D eigenvalue weighted by molar-refractivity contribution is -0.130. The van der Waals surface area contributed by atoms with Crippen LogP contribution in [0.1, 0.15) is 13.8 Å². The van der Waals surface area contributed by atoms with Crippen molar-refractivity contribution in [3.05, 3.63) is 60.7 Å². The van der Waals surface area contributed by atoms with Crippen LogP contribution in [0.25, 0.3) is 11.1 Å². The van der Waals surface area contributed by atoms with Crippen LogP contribution in [0.3, 0.4) is 0 Å². The molecule has 2 aromatic rings. The van der Waals surface area contributed by atoms with Crippen molar-refractivity contribution in [2.24, 2.45) is 0 Å². The van der Waals surface area contributed by atoms with Crippen LogP contribution < -0.4 is 9.47 Å². The molecule has 0 saturated heterocycles. The fourth-order valence-electron chi connectivity index (χ4n) is 1.95. The highest BCUT2D eigenvalue weighted by atomic mass is 16.5. The van der Waals surface area contributed by atoms with Crippen molar-refractivity contribution in [2.75, 3.05) is 6.61 Å². The van der Waals surface area contributed by atoms with Crippen LogP contribution in [0.5, 0.6) is 11.5 Å². The molecule has 3 heteroatoms. The Labute approximate surface area is 124 Å². The summed E-state index contributed by atoms with van der Waals surface area (Å²) < 4.78 is 11.1. The van der Waals surface area contributed by atoms with Gasteiger partial charge in [0.05, 0.1) is 12.2 Å². The fraction of sp³-hybridized carbons (Fsp3) is 0.167. The number of rotatable bonds is 5. The molecule has 108 valence electrons. The largest absolute Gasteiger partial charge is 0.493 e. The molecular weight excluding hydrogens is 264 g/mol. The first-order valence-electron chi connectivity index (χ1n) is 6.82. The van der Waals surface area contributed by atoms with Gasteiger partial charge in [0.25, 0.3) is 0 Å². The van der Waals surface area contributed by atoms with Gasteiger partial charge in [-0.05, 0) is 31.5 Å². The second-order valence-electron chi connectivity index (χ2n) is 4.60. The fourth-order valence-corrected chi connectivity index (χ4v) is 1.95. The van der Waals surface area contributed by atoms with E-state index in [1.54, 1.807) is 19.1 Å². The molecule has 3 nitrogen and oxygen atoms in total. The van der Waals surface area contributed by atoms with Gasteiger partial charge in [0, 0.05) is 5.57 Å². The Morgan fingerprint density at radius 1 is 1.05 bits per heavy atom. The van der Waals surface area contributed by atoms with Crippen molar-refractivity contribution >= 4 is 5.97 Å². The molecule has 0 heterocycles. The van der Waals surface area contributed by atoms with E-state index >= 15 is 0 Å². The predicted molar refractivity (Wildman–Crippen MR) is 83.5 cm³/mol. The van der Waals surface area contributed by atoms with Gasteiger partial charge in [0.15, 0.2) is 0 Å². The Bertz CT molecular complexity index is 645. The van der Waals surface area contributed by atoms with Crippen LogP contribution in [-0.4, -0.2) is 12.6 Å². The van der Waals surface area contributed by atoms with E-state index in [1.807, 2.05) is 43.3 Å². The van der Waals surface area contributed by atoms with Crippen molar-refractivity contribution in [3.8, 4) is 22.6 Å². The van der Waals surface area contributed by atoms with Crippen molar-refractivity contribution in [3.63, 3.8) is 0 Å². The standard InChI is InChI=1S/C18H18O3/c1-4-20-15-11-8-12-16(21-18(19)13(2)3)17(15)14-9-6-5-7-10-14/h5-12H,2,4H2,1,3H3. The van der Waals surface area contributed by atoms with Gasteiger partial charge in [-0.1, -0.05) is 43.0 Å². The Morgan fingerprint density at radius 2 is 1.71 bits per heavy atom. The molecule has 0 fully saturated rings. The zero-order valence-corrected chi connectivity index (χ0v) is 12.3. The smallest absolute Gasteiger partial charge is 0.338 e. The second-order valence-corrected chi connectivity index (χ2v) is 4.60. The normalized spacial score (nSPS) is 10.0. The molecule has 0 spiro atoms. The summed E-state index contributed by atoms with van der Waals surface area (Å²) in [5.74, 6) is 0.719. The van der Waals surface area contributed by atoms with Crippen LogP contribution in [0, 0.1) is 0 Å². The maximum atomic E-state index is 11.8. The van der Waals surface area contributed by atoms with Crippen LogP contribution in [0.2, 0.25) is 0 Å². The van der Waals surface area contributed by atoms with Crippen LogP contribution in [-0.2, 0) is 4.79 Å². The molecule has 0 atom stereocenters. The van der Waals surface area contributed by atoms with Gasteiger partial charge in [-0.15, -0.1) is 0 Å². The molecular formula is C18H18O3. The molecule has 0 aromatic heterocycles. The minimum absolute atomic E-state index is 0.357. The van der Waals surface area contributed by atoms with E-state index < -0.39 is 5.97 Å². The van der Waals surface area contributed by atoms with Gasteiger partial charge in [-0.2, -0.15) is 0 Å². The van der Waals surface area contributed by atoms with Crippen LogP contribution >= 0.6 is 0 Å². The monoisotopic (exact) mass is 282 g/mol. The lowest BCUT2D eigenvalue weighted by atomic mass is 10.0. The first-order chi connectivity index (χ1) is 10.1. The molecule has 0 aliphatic carbocycles. The number of carbonyl (C=O) groups excluding carboxylic acids is 1. The number of hydrogen-bond donors (Lipinski definition) is 0. The molecule has 0 bridgehead atoms. The summed E-state index contributed by atoms with van der Waals surface area (Å²) in [5, 5.41) is 0. The summed E-state index contributed by atoms with van der Waals surface area (Å²) in [6.07, 6.45) is 0. The summed E-state index contributed by atoms with van der Waals surface area (Å²) >= 11 is 0. The van der Waals surface area contributed by atoms with Crippen LogP contribution in [0.4, 0.5) is 0 Å². The third-order valence-corrected chi connectivity index (χ3v) is 2.90. The van der Waals surface area contributed by atoms with Gasteiger partial charge in [-0.25, -0.2) is 4.79 Å². The molecule has 2 rings (SSSR count). The van der Waals surface area contributed by atoms with Gasteiger partial charge < -0.3 is 9.47 Å². The van der Waals surface area contributed by atoms with Gasteiger partial charge >= 0.3 is 5.97 Å². The van der Waals surface area contributed by atoms with E-state index in [-0.39, 0.29) is 0 Å². The lowest BCUT2D eigenvalue weighted by Gasteiger charge is -2.15. The Balaban J connectivity index is 2.52. The second kappa shape index (κ2) is 6.75. The summed E-state index contributed by atoms with van der Waals surface area (Å²) in [5.41, 5.74) is 2.07. The Kier molecular flexibility index (Phi) is 4.77. The Morgan fingerprint density at radius 3 is 2.33 bits per heavy atom. The first kappa shape index (κ1) is 14.9. The number of hydrogen-bond acceptors (Lipinski definition) is 3. The summed E-state index contributed by atoms with van der Waals surface area (Å²) in [7, 11) is 0. The van der Waals surface area contributed by atoms with Crippen molar-refractivity contribution in [2.45, 2.75) is 13.8 Å². The number of carbonyl (C=O) groups is 1. The molecule has 0 unspecified atom stereocenters. The quantitative estimate of drug-likeness (QED) is 0.467. The van der Waals surface area contributed by atoms with E-state index in [0.29, 0.717) is 23.7 Å². The van der Waals surface area contributed by atoms with Crippen molar-refractivity contribution in [1.82, 2.24) is 0 Å². The zero-order valence-electron chi connectivity index (χ0n) is 12.3. The molecule has 0 aliphatic heterocycles. The lowest BCUT2D eigenvalue weighted by Crippen LogP contribution is -2.09. The van der Waals surface area contributed by atoms with E-state index in [1.165, 1.54) is 0 Å². The molecule has 0 amide bonds. The third-order valence-electron chi connectivity index (χ3n) is 2.90. The topological polar surface area (TPSA) is 35.5 Å². The molecule has 21 heavy (non-hydrogen) atoms. The van der Waals surface area contributed by atoms with Crippen LogP contribution in [0.15, 0.2) is 60.7 Å². The van der Waals surface area contributed by atoms with Gasteiger partial charge in [0.1, 0.15) is 11.5 Å². The summed E-state index contributed by atoms with van der Waals surface area (Å²) in [6, 6.07) is 15.1. The predicted octanol–water partition coefficient (Wildman–Crippen LogP) is 4.23. The first-order valence-corrected chi connectivity index (χ1v) is 6.82. The number of ether oxygens (including phenoxy) is 2. The molecule has 2 aromatic carbocycles. The van der Waals surface area contributed by atoms with Gasteiger partial charge in [0.2, 0.25) is 0 Å². The SMILES string of the molecule is C=C(C)C(=O)Oc1cccc(OCC)c1-c1ccccc1. The molecule has 0 aliphatic rings. The van der Waals surface area contributed by atoms with Gasteiger partial charge in [-0.3, -0.25) is 0 Å². The maximum Gasteiger partial charge on any atom is 0.338 e. The maximum absolute atomic E-state index is 11.8. The number of benzene rings is 2. The van der Waals surface area contributed by atoms with Crippen molar-refractivity contribution < 1.29 is 14.3 Å².